The van der Waals surface area contributed by atoms with Crippen molar-refractivity contribution in [2.45, 2.75) is 58.3 Å². The number of aromatic nitrogens is 2. The molecule has 3 rings (SSSR count). The van der Waals surface area contributed by atoms with Crippen LogP contribution in [0, 0.1) is 23.2 Å². The summed E-state index contributed by atoms with van der Waals surface area (Å²) in [6, 6.07) is 10.6. The average molecular weight is 333 g/mol. The standard InChI is InChI=1S/C22H27N3/c1-2-3-17-4-6-18(7-5-17)8-9-19-10-12-21(13-11-19)22-24-15-20(14-23)16-25-22/h10-13,15-18H,2-9H2,1H3. The van der Waals surface area contributed by atoms with Crippen LogP contribution in [-0.2, 0) is 6.42 Å². The Balaban J connectivity index is 1.50. The molecule has 0 amide bonds. The summed E-state index contributed by atoms with van der Waals surface area (Å²) in [5.74, 6) is 2.59. The molecule has 3 heteroatoms. The Morgan fingerprint density at radius 2 is 1.56 bits per heavy atom. The van der Waals surface area contributed by atoms with Gasteiger partial charge in [0, 0.05) is 18.0 Å². The molecule has 1 aliphatic rings. The maximum atomic E-state index is 8.81. The molecular weight excluding hydrogens is 306 g/mol. The predicted molar refractivity (Wildman–Crippen MR) is 101 cm³/mol. The van der Waals surface area contributed by atoms with Gasteiger partial charge in [-0.2, -0.15) is 5.26 Å². The first-order valence-electron chi connectivity index (χ1n) is 9.60. The summed E-state index contributed by atoms with van der Waals surface area (Å²) in [5, 5.41) is 8.81. The van der Waals surface area contributed by atoms with Crippen molar-refractivity contribution in [3.8, 4) is 17.5 Å². The Kier molecular flexibility index (Phi) is 6.17. The molecule has 0 spiro atoms. The molecule has 1 aliphatic carbocycles. The molecule has 1 aromatic heterocycles. The van der Waals surface area contributed by atoms with E-state index in [4.69, 9.17) is 5.26 Å². The molecule has 0 N–H and O–H groups in total. The minimum Gasteiger partial charge on any atom is -0.235 e. The second-order valence-electron chi connectivity index (χ2n) is 7.32. The lowest BCUT2D eigenvalue weighted by Gasteiger charge is -2.28. The summed E-state index contributed by atoms with van der Waals surface area (Å²) in [6.07, 6.45) is 14.1. The molecule has 1 aromatic carbocycles. The molecule has 3 nitrogen and oxygen atoms in total. The maximum absolute atomic E-state index is 8.81. The van der Waals surface area contributed by atoms with E-state index in [2.05, 4.69) is 41.2 Å². The normalized spacial score (nSPS) is 20.2. The van der Waals surface area contributed by atoms with Crippen LogP contribution in [0.5, 0.6) is 0 Å². The van der Waals surface area contributed by atoms with Crippen LogP contribution in [0.25, 0.3) is 11.4 Å². The van der Waals surface area contributed by atoms with Gasteiger partial charge in [-0.05, 0) is 30.2 Å². The molecular formula is C22H27N3. The highest BCUT2D eigenvalue weighted by atomic mass is 14.9. The third kappa shape index (κ3) is 4.89. The Hall–Kier alpha value is -2.21. The van der Waals surface area contributed by atoms with Gasteiger partial charge in [-0.1, -0.05) is 69.7 Å². The van der Waals surface area contributed by atoms with Crippen molar-refractivity contribution in [2.75, 3.05) is 0 Å². The molecule has 25 heavy (non-hydrogen) atoms. The third-order valence-electron chi connectivity index (χ3n) is 5.50. The lowest BCUT2D eigenvalue weighted by Crippen LogP contribution is -2.15. The Bertz CT molecular complexity index is 690. The molecule has 1 fully saturated rings. The fourth-order valence-electron chi connectivity index (χ4n) is 3.94. The van der Waals surface area contributed by atoms with Gasteiger partial charge in [0.25, 0.3) is 0 Å². The van der Waals surface area contributed by atoms with E-state index >= 15 is 0 Å². The molecule has 1 heterocycles. The number of aryl methyl sites for hydroxylation is 1. The Morgan fingerprint density at radius 1 is 0.960 bits per heavy atom. The van der Waals surface area contributed by atoms with Crippen LogP contribution in [0.2, 0.25) is 0 Å². The van der Waals surface area contributed by atoms with E-state index in [9.17, 15) is 0 Å². The summed E-state index contributed by atoms with van der Waals surface area (Å²) < 4.78 is 0. The fourth-order valence-corrected chi connectivity index (χ4v) is 3.94. The van der Waals surface area contributed by atoms with Crippen molar-refractivity contribution < 1.29 is 0 Å². The molecule has 2 aromatic rings. The summed E-state index contributed by atoms with van der Waals surface area (Å²) in [7, 11) is 0. The van der Waals surface area contributed by atoms with Crippen molar-refractivity contribution in [1.29, 1.82) is 5.26 Å². The van der Waals surface area contributed by atoms with Crippen LogP contribution in [0.4, 0.5) is 0 Å². The van der Waals surface area contributed by atoms with E-state index in [0.29, 0.717) is 11.4 Å². The van der Waals surface area contributed by atoms with Crippen LogP contribution in [0.3, 0.4) is 0 Å². The van der Waals surface area contributed by atoms with Crippen LogP contribution < -0.4 is 0 Å². The van der Waals surface area contributed by atoms with Crippen LogP contribution in [-0.4, -0.2) is 9.97 Å². The number of hydrogen-bond donors (Lipinski definition) is 0. The molecule has 0 saturated heterocycles. The van der Waals surface area contributed by atoms with E-state index in [1.807, 2.05) is 6.07 Å². The number of hydrogen-bond acceptors (Lipinski definition) is 3. The van der Waals surface area contributed by atoms with Gasteiger partial charge >= 0.3 is 0 Å². The topological polar surface area (TPSA) is 49.6 Å². The molecule has 0 radical (unpaired) electrons. The average Bonchev–Trinajstić information content (AvgIpc) is 2.68. The molecule has 0 aliphatic heterocycles. The second kappa shape index (κ2) is 8.76. The van der Waals surface area contributed by atoms with Crippen molar-refractivity contribution in [3.05, 3.63) is 47.8 Å². The van der Waals surface area contributed by atoms with Crippen molar-refractivity contribution in [3.63, 3.8) is 0 Å². The summed E-state index contributed by atoms with van der Waals surface area (Å²) in [6.45, 7) is 2.30. The molecule has 0 bridgehead atoms. The highest BCUT2D eigenvalue weighted by Gasteiger charge is 2.20. The van der Waals surface area contributed by atoms with Crippen molar-refractivity contribution in [2.24, 2.45) is 11.8 Å². The van der Waals surface area contributed by atoms with Crippen LogP contribution in [0.15, 0.2) is 36.7 Å². The van der Waals surface area contributed by atoms with Gasteiger partial charge in [-0.15, -0.1) is 0 Å². The molecule has 0 atom stereocenters. The van der Waals surface area contributed by atoms with E-state index in [-0.39, 0.29) is 0 Å². The van der Waals surface area contributed by atoms with Gasteiger partial charge < -0.3 is 0 Å². The zero-order chi connectivity index (χ0) is 17.5. The van der Waals surface area contributed by atoms with Gasteiger partial charge in [-0.3, -0.25) is 0 Å². The summed E-state index contributed by atoms with van der Waals surface area (Å²) in [4.78, 5) is 8.51. The van der Waals surface area contributed by atoms with Gasteiger partial charge in [-0.25, -0.2) is 9.97 Å². The maximum Gasteiger partial charge on any atom is 0.159 e. The molecule has 130 valence electrons. The van der Waals surface area contributed by atoms with Crippen molar-refractivity contribution in [1.82, 2.24) is 9.97 Å². The molecule has 0 unspecified atom stereocenters. The van der Waals surface area contributed by atoms with Gasteiger partial charge in [0.1, 0.15) is 6.07 Å². The highest BCUT2D eigenvalue weighted by molar-refractivity contribution is 5.55. The number of rotatable bonds is 6. The SMILES string of the molecule is CCCC1CCC(CCc2ccc(-c3ncc(C#N)cn3)cc2)CC1. The smallest absolute Gasteiger partial charge is 0.159 e. The zero-order valence-electron chi connectivity index (χ0n) is 15.1. The summed E-state index contributed by atoms with van der Waals surface area (Å²) in [5.41, 5.74) is 2.90. The van der Waals surface area contributed by atoms with E-state index in [1.165, 1.54) is 50.5 Å². The molecule has 1 saturated carbocycles. The van der Waals surface area contributed by atoms with Gasteiger partial charge in [0.15, 0.2) is 5.82 Å². The van der Waals surface area contributed by atoms with Gasteiger partial charge in [0.2, 0.25) is 0 Å². The van der Waals surface area contributed by atoms with Crippen LogP contribution >= 0.6 is 0 Å². The quantitative estimate of drug-likeness (QED) is 0.696. The first kappa shape index (κ1) is 17.6. The second-order valence-corrected chi connectivity index (χ2v) is 7.32. The monoisotopic (exact) mass is 333 g/mol. The minimum absolute atomic E-state index is 0.494. The highest BCUT2D eigenvalue weighted by Crippen LogP contribution is 2.33. The van der Waals surface area contributed by atoms with E-state index in [0.717, 1.165) is 23.8 Å². The predicted octanol–water partition coefficient (Wildman–Crippen LogP) is 5.55. The van der Waals surface area contributed by atoms with E-state index < -0.39 is 0 Å². The largest absolute Gasteiger partial charge is 0.235 e. The Labute approximate surface area is 151 Å². The first-order chi connectivity index (χ1) is 12.3. The lowest BCUT2D eigenvalue weighted by atomic mass is 9.78. The van der Waals surface area contributed by atoms with Gasteiger partial charge in [0.05, 0.1) is 5.56 Å². The summed E-state index contributed by atoms with van der Waals surface area (Å²) >= 11 is 0. The minimum atomic E-state index is 0.494. The van der Waals surface area contributed by atoms with E-state index in [1.54, 1.807) is 12.4 Å². The lowest BCUT2D eigenvalue weighted by molar-refractivity contribution is 0.252. The fraction of sp³-hybridized carbons (Fsp3) is 0.500. The third-order valence-corrected chi connectivity index (χ3v) is 5.50. The number of nitrogens with zero attached hydrogens (tertiary/aromatic N) is 3. The zero-order valence-corrected chi connectivity index (χ0v) is 15.1. The first-order valence-corrected chi connectivity index (χ1v) is 9.60. The van der Waals surface area contributed by atoms with Crippen LogP contribution in [0.1, 0.15) is 63.0 Å². The number of nitriles is 1. The van der Waals surface area contributed by atoms with Crippen molar-refractivity contribution >= 4 is 0 Å². The number of benzene rings is 1. The Morgan fingerprint density at radius 3 is 2.12 bits per heavy atom.